The monoisotopic (exact) mass is 279 g/mol. The smallest absolute Gasteiger partial charge is 0.259 e. The van der Waals surface area contributed by atoms with Gasteiger partial charge in [0.2, 0.25) is 0 Å². The summed E-state index contributed by atoms with van der Waals surface area (Å²) in [6.45, 7) is 3.37. The molecule has 1 aromatic heterocycles. The molecule has 0 spiro atoms. The molecular weight excluding hydrogens is 258 g/mol. The van der Waals surface area contributed by atoms with Crippen LogP contribution in [0.1, 0.15) is 28.9 Å². The van der Waals surface area contributed by atoms with E-state index in [9.17, 15) is 9.59 Å². The number of nitrogens with zero attached hydrogens (tertiary/aromatic N) is 1. The molecule has 1 saturated heterocycles. The molecular formula is C14H21N3O3. The zero-order chi connectivity index (χ0) is 14.5. The number of aromatic nitrogens is 1. The molecule has 2 rings (SSSR count). The normalized spacial score (nSPS) is 18.2. The Bertz CT molecular complexity index is 521. The molecule has 0 bridgehead atoms. The molecule has 0 radical (unpaired) electrons. The second-order valence-corrected chi connectivity index (χ2v) is 5.16. The molecule has 0 aliphatic carbocycles. The third kappa shape index (κ3) is 3.46. The summed E-state index contributed by atoms with van der Waals surface area (Å²) in [5, 5.41) is 12.4. The fraction of sp³-hybridized carbons (Fsp3) is 0.571. The maximum absolute atomic E-state index is 12.4. The Labute approximate surface area is 117 Å². The van der Waals surface area contributed by atoms with Crippen molar-refractivity contribution >= 4 is 5.91 Å². The van der Waals surface area contributed by atoms with Crippen LogP contribution in [0, 0.1) is 6.92 Å². The van der Waals surface area contributed by atoms with Gasteiger partial charge in [0.1, 0.15) is 5.56 Å². The predicted octanol–water partition coefficient (Wildman–Crippen LogP) is -0.130. The summed E-state index contributed by atoms with van der Waals surface area (Å²) in [4.78, 5) is 28.7. The number of rotatable bonds is 5. The van der Waals surface area contributed by atoms with Crippen LogP contribution in [-0.4, -0.2) is 53.2 Å². The van der Waals surface area contributed by atoms with Crippen molar-refractivity contribution in [3.63, 3.8) is 0 Å². The van der Waals surface area contributed by atoms with E-state index in [2.05, 4.69) is 10.3 Å². The predicted molar refractivity (Wildman–Crippen MR) is 75.8 cm³/mol. The Morgan fingerprint density at radius 1 is 1.55 bits per heavy atom. The van der Waals surface area contributed by atoms with Gasteiger partial charge in [-0.1, -0.05) is 0 Å². The van der Waals surface area contributed by atoms with Crippen LogP contribution < -0.4 is 10.7 Å². The van der Waals surface area contributed by atoms with Gasteiger partial charge in [0, 0.05) is 37.1 Å². The van der Waals surface area contributed by atoms with Crippen LogP contribution in [0.3, 0.4) is 0 Å². The number of nitrogens with one attached hydrogen (secondary N) is 2. The van der Waals surface area contributed by atoms with Crippen LogP contribution in [0.2, 0.25) is 0 Å². The van der Waals surface area contributed by atoms with Crippen LogP contribution >= 0.6 is 0 Å². The Hall–Kier alpha value is -1.66. The van der Waals surface area contributed by atoms with E-state index in [1.54, 1.807) is 11.8 Å². The topological polar surface area (TPSA) is 85.4 Å². The van der Waals surface area contributed by atoms with Gasteiger partial charge in [0.25, 0.3) is 5.91 Å². The van der Waals surface area contributed by atoms with Gasteiger partial charge >= 0.3 is 0 Å². The van der Waals surface area contributed by atoms with Crippen molar-refractivity contribution in [3.8, 4) is 0 Å². The second-order valence-electron chi connectivity index (χ2n) is 5.16. The van der Waals surface area contributed by atoms with Gasteiger partial charge in [-0.25, -0.2) is 0 Å². The molecule has 1 atom stereocenters. The lowest BCUT2D eigenvalue weighted by atomic mass is 10.1. The minimum atomic E-state index is -0.325. The molecule has 6 heteroatoms. The van der Waals surface area contributed by atoms with E-state index in [1.807, 2.05) is 0 Å². The number of aryl methyl sites for hydroxylation is 1. The first-order valence-corrected chi connectivity index (χ1v) is 6.94. The van der Waals surface area contributed by atoms with Crippen LogP contribution in [0.15, 0.2) is 17.1 Å². The first-order valence-electron chi connectivity index (χ1n) is 6.94. The first kappa shape index (κ1) is 14.7. The molecule has 1 aromatic rings. The summed E-state index contributed by atoms with van der Waals surface area (Å²) in [5.41, 5.74) is 0.563. The Morgan fingerprint density at radius 3 is 2.95 bits per heavy atom. The Kier molecular flexibility index (Phi) is 4.92. The van der Waals surface area contributed by atoms with E-state index in [0.717, 1.165) is 25.1 Å². The lowest BCUT2D eigenvalue weighted by Gasteiger charge is -2.25. The average molecular weight is 279 g/mol. The van der Waals surface area contributed by atoms with Gasteiger partial charge < -0.3 is 20.3 Å². The van der Waals surface area contributed by atoms with Gasteiger partial charge in [-0.15, -0.1) is 0 Å². The van der Waals surface area contributed by atoms with Crippen molar-refractivity contribution in [3.05, 3.63) is 33.7 Å². The van der Waals surface area contributed by atoms with Crippen molar-refractivity contribution in [2.45, 2.75) is 25.8 Å². The van der Waals surface area contributed by atoms with E-state index in [0.29, 0.717) is 6.54 Å². The molecule has 2 heterocycles. The summed E-state index contributed by atoms with van der Waals surface area (Å²) >= 11 is 0. The van der Waals surface area contributed by atoms with Crippen LogP contribution in [-0.2, 0) is 0 Å². The van der Waals surface area contributed by atoms with Gasteiger partial charge in [0.15, 0.2) is 5.43 Å². The summed E-state index contributed by atoms with van der Waals surface area (Å²) in [5.74, 6) is -0.325. The van der Waals surface area contributed by atoms with E-state index in [-0.39, 0.29) is 36.1 Å². The zero-order valence-electron chi connectivity index (χ0n) is 11.7. The number of aliphatic hydroxyl groups excluding tert-OH is 1. The zero-order valence-corrected chi connectivity index (χ0v) is 11.7. The third-order valence-electron chi connectivity index (χ3n) is 3.55. The number of amides is 1. The highest BCUT2D eigenvalue weighted by Gasteiger charge is 2.23. The van der Waals surface area contributed by atoms with Crippen molar-refractivity contribution in [2.75, 3.05) is 26.2 Å². The fourth-order valence-corrected chi connectivity index (χ4v) is 2.49. The standard InChI is InChI=1S/C14H21N3O3/c1-10-7-13(19)12(8-16-10)14(20)17(5-6-18)9-11-3-2-4-15-11/h7-8,11,15,18H,2-6,9H2,1H3,(H,16,19). The molecule has 20 heavy (non-hydrogen) atoms. The van der Waals surface area contributed by atoms with Gasteiger partial charge in [0.05, 0.1) is 6.61 Å². The van der Waals surface area contributed by atoms with Crippen molar-refractivity contribution in [2.24, 2.45) is 0 Å². The van der Waals surface area contributed by atoms with Gasteiger partial charge in [-0.05, 0) is 26.3 Å². The number of hydrogen-bond acceptors (Lipinski definition) is 4. The number of hydrogen-bond donors (Lipinski definition) is 3. The highest BCUT2D eigenvalue weighted by molar-refractivity contribution is 5.93. The third-order valence-corrected chi connectivity index (χ3v) is 3.55. The van der Waals surface area contributed by atoms with Crippen molar-refractivity contribution < 1.29 is 9.90 Å². The average Bonchev–Trinajstić information content (AvgIpc) is 2.90. The largest absolute Gasteiger partial charge is 0.395 e. The van der Waals surface area contributed by atoms with E-state index in [1.165, 1.54) is 12.3 Å². The maximum atomic E-state index is 12.4. The summed E-state index contributed by atoms with van der Waals surface area (Å²) in [6, 6.07) is 1.66. The summed E-state index contributed by atoms with van der Waals surface area (Å²) < 4.78 is 0. The quantitative estimate of drug-likeness (QED) is 0.701. The minimum Gasteiger partial charge on any atom is -0.395 e. The SMILES string of the molecule is Cc1cc(=O)c(C(=O)N(CCO)CC2CCCN2)c[nH]1. The molecule has 1 unspecified atom stereocenters. The number of carbonyl (C=O) groups is 1. The summed E-state index contributed by atoms with van der Waals surface area (Å²) in [6.07, 6.45) is 3.56. The Morgan fingerprint density at radius 2 is 2.35 bits per heavy atom. The lowest BCUT2D eigenvalue weighted by Crippen LogP contribution is -2.43. The van der Waals surface area contributed by atoms with E-state index >= 15 is 0 Å². The van der Waals surface area contributed by atoms with Gasteiger partial charge in [-0.2, -0.15) is 0 Å². The highest BCUT2D eigenvalue weighted by atomic mass is 16.3. The van der Waals surface area contributed by atoms with E-state index in [4.69, 9.17) is 5.11 Å². The maximum Gasteiger partial charge on any atom is 0.259 e. The van der Waals surface area contributed by atoms with Crippen LogP contribution in [0.25, 0.3) is 0 Å². The summed E-state index contributed by atoms with van der Waals surface area (Å²) in [7, 11) is 0. The van der Waals surface area contributed by atoms with Crippen molar-refractivity contribution in [1.82, 2.24) is 15.2 Å². The van der Waals surface area contributed by atoms with Crippen molar-refractivity contribution in [1.29, 1.82) is 0 Å². The number of aromatic amines is 1. The number of carbonyl (C=O) groups excluding carboxylic acids is 1. The molecule has 1 amide bonds. The number of pyridine rings is 1. The molecule has 0 saturated carbocycles. The molecule has 1 fully saturated rings. The fourth-order valence-electron chi connectivity index (χ4n) is 2.49. The first-order chi connectivity index (χ1) is 9.61. The molecule has 1 aliphatic heterocycles. The molecule has 3 N–H and O–H groups in total. The number of aliphatic hydroxyl groups is 1. The van der Waals surface area contributed by atoms with Crippen LogP contribution in [0.5, 0.6) is 0 Å². The molecule has 110 valence electrons. The Balaban J connectivity index is 2.14. The molecule has 1 aliphatic rings. The minimum absolute atomic E-state index is 0.109. The number of H-pyrrole nitrogens is 1. The van der Waals surface area contributed by atoms with Crippen LogP contribution in [0.4, 0.5) is 0 Å². The highest BCUT2D eigenvalue weighted by Crippen LogP contribution is 2.09. The second kappa shape index (κ2) is 6.67. The van der Waals surface area contributed by atoms with E-state index < -0.39 is 0 Å². The van der Waals surface area contributed by atoms with Gasteiger partial charge in [-0.3, -0.25) is 9.59 Å². The lowest BCUT2D eigenvalue weighted by molar-refractivity contribution is 0.0705. The molecule has 0 aromatic carbocycles. The molecule has 6 nitrogen and oxygen atoms in total.